The Labute approximate surface area is 107 Å². The number of rotatable bonds is 1. The van der Waals surface area contributed by atoms with Gasteiger partial charge in [0.2, 0.25) is 0 Å². The summed E-state index contributed by atoms with van der Waals surface area (Å²) in [5.41, 5.74) is 3.84. The van der Waals surface area contributed by atoms with Gasteiger partial charge in [0, 0.05) is 26.1 Å². The Hall–Kier alpha value is -0.850. The van der Waals surface area contributed by atoms with E-state index in [2.05, 4.69) is 0 Å². The van der Waals surface area contributed by atoms with Gasteiger partial charge in [-0.3, -0.25) is 0 Å². The maximum Gasteiger partial charge on any atom is 0.410 e. The van der Waals surface area contributed by atoms with Gasteiger partial charge in [0.15, 0.2) is 0 Å². The van der Waals surface area contributed by atoms with Gasteiger partial charge in [0.1, 0.15) is 11.2 Å². The first-order valence-electron chi connectivity index (χ1n) is 6.22. The number of aliphatic hydroxyl groups is 1. The van der Waals surface area contributed by atoms with Gasteiger partial charge in [0.25, 0.3) is 0 Å². The van der Waals surface area contributed by atoms with Gasteiger partial charge >= 0.3 is 6.09 Å². The maximum absolute atomic E-state index is 11.8. The van der Waals surface area contributed by atoms with Crippen LogP contribution in [0.5, 0.6) is 0 Å². The van der Waals surface area contributed by atoms with Crippen LogP contribution in [0.1, 0.15) is 27.2 Å². The molecule has 2 heterocycles. The number of hydrogen-bond acceptors (Lipinski definition) is 5. The number of amides is 1. The highest BCUT2D eigenvalue weighted by Crippen LogP contribution is 2.36. The molecule has 2 fully saturated rings. The first-order valence-corrected chi connectivity index (χ1v) is 6.22. The fourth-order valence-electron chi connectivity index (χ4n) is 2.33. The zero-order valence-corrected chi connectivity index (χ0v) is 11.2. The van der Waals surface area contributed by atoms with Crippen LogP contribution in [-0.2, 0) is 9.47 Å². The molecular formula is C12H22N2O4. The quantitative estimate of drug-likeness (QED) is 0.696. The number of likely N-dealkylation sites (tertiary alicyclic amines) is 1. The molecule has 1 atom stereocenters. The molecule has 0 aliphatic carbocycles. The third-order valence-corrected chi connectivity index (χ3v) is 3.53. The minimum atomic E-state index is -1.02. The van der Waals surface area contributed by atoms with Crippen molar-refractivity contribution >= 4 is 6.09 Å². The summed E-state index contributed by atoms with van der Waals surface area (Å²) in [6.45, 7) is 6.83. The molecule has 2 aliphatic heterocycles. The lowest BCUT2D eigenvalue weighted by atomic mass is 9.74. The molecule has 0 spiro atoms. The Morgan fingerprint density at radius 1 is 1.44 bits per heavy atom. The predicted molar refractivity (Wildman–Crippen MR) is 65.1 cm³/mol. The van der Waals surface area contributed by atoms with E-state index in [-0.39, 0.29) is 12.7 Å². The summed E-state index contributed by atoms with van der Waals surface area (Å²) in [6, 6.07) is 0. The summed E-state index contributed by atoms with van der Waals surface area (Å²) in [5.74, 6) is 0. The fourth-order valence-corrected chi connectivity index (χ4v) is 2.33. The van der Waals surface area contributed by atoms with Gasteiger partial charge in [-0.1, -0.05) is 0 Å². The summed E-state index contributed by atoms with van der Waals surface area (Å²) in [5, 5.41) is 10.4. The van der Waals surface area contributed by atoms with Gasteiger partial charge in [-0.25, -0.2) is 4.79 Å². The van der Waals surface area contributed by atoms with E-state index >= 15 is 0 Å². The molecule has 18 heavy (non-hydrogen) atoms. The molecule has 0 aromatic heterocycles. The summed E-state index contributed by atoms with van der Waals surface area (Å²) >= 11 is 0. The van der Waals surface area contributed by atoms with E-state index in [0.717, 1.165) is 0 Å². The van der Waals surface area contributed by atoms with Crippen molar-refractivity contribution in [3.63, 3.8) is 0 Å². The van der Waals surface area contributed by atoms with E-state index in [0.29, 0.717) is 26.1 Å². The minimum absolute atomic E-state index is 0.242. The van der Waals surface area contributed by atoms with Gasteiger partial charge in [-0.2, -0.15) is 0 Å². The number of carbonyl (C=O) groups is 1. The van der Waals surface area contributed by atoms with Crippen LogP contribution in [-0.4, -0.2) is 59.1 Å². The van der Waals surface area contributed by atoms with Gasteiger partial charge in [-0.15, -0.1) is 0 Å². The van der Waals surface area contributed by atoms with Gasteiger partial charge < -0.3 is 25.2 Å². The second kappa shape index (κ2) is 4.08. The number of carbonyl (C=O) groups excluding carboxylic acids is 1. The van der Waals surface area contributed by atoms with Crippen molar-refractivity contribution in [1.82, 2.24) is 4.90 Å². The normalized spacial score (nSPS) is 31.1. The van der Waals surface area contributed by atoms with E-state index in [1.165, 1.54) is 4.90 Å². The molecule has 0 aromatic rings. The second-order valence-corrected chi connectivity index (χ2v) is 6.33. The molecule has 104 valence electrons. The molecule has 0 radical (unpaired) electrons. The van der Waals surface area contributed by atoms with Crippen LogP contribution in [0.2, 0.25) is 0 Å². The molecular weight excluding hydrogens is 236 g/mol. The van der Waals surface area contributed by atoms with Gasteiger partial charge in [0.05, 0.1) is 12.1 Å². The van der Waals surface area contributed by atoms with Crippen LogP contribution < -0.4 is 5.73 Å². The van der Waals surface area contributed by atoms with E-state index < -0.39 is 16.7 Å². The zero-order chi connectivity index (χ0) is 13.6. The van der Waals surface area contributed by atoms with Crippen molar-refractivity contribution in [1.29, 1.82) is 0 Å². The zero-order valence-electron chi connectivity index (χ0n) is 11.2. The molecule has 3 N–H and O–H groups in total. The number of ether oxygens (including phenoxy) is 2. The molecule has 2 aliphatic rings. The highest BCUT2D eigenvalue weighted by molar-refractivity contribution is 5.70. The van der Waals surface area contributed by atoms with Crippen LogP contribution in [0.3, 0.4) is 0 Å². The Morgan fingerprint density at radius 2 is 2.06 bits per heavy atom. The van der Waals surface area contributed by atoms with Crippen molar-refractivity contribution < 1.29 is 19.4 Å². The maximum atomic E-state index is 11.8. The lowest BCUT2D eigenvalue weighted by Crippen LogP contribution is -2.79. The summed E-state index contributed by atoms with van der Waals surface area (Å²) in [7, 11) is 0. The molecule has 6 nitrogen and oxygen atoms in total. The smallest absolute Gasteiger partial charge is 0.410 e. The van der Waals surface area contributed by atoms with Crippen LogP contribution in [0.15, 0.2) is 0 Å². The number of nitrogens with zero attached hydrogens (tertiary/aromatic N) is 1. The lowest BCUT2D eigenvalue weighted by molar-refractivity contribution is -0.105. The van der Waals surface area contributed by atoms with E-state index in [1.807, 2.05) is 20.8 Å². The Kier molecular flexibility index (Phi) is 3.08. The molecule has 1 unspecified atom stereocenters. The van der Waals surface area contributed by atoms with E-state index in [9.17, 15) is 9.90 Å². The molecule has 2 saturated heterocycles. The average Bonchev–Trinajstić information content (AvgIpc) is 2.58. The van der Waals surface area contributed by atoms with Gasteiger partial charge in [-0.05, 0) is 20.8 Å². The summed E-state index contributed by atoms with van der Waals surface area (Å²) < 4.78 is 10.4. The largest absolute Gasteiger partial charge is 0.444 e. The minimum Gasteiger partial charge on any atom is -0.444 e. The Morgan fingerprint density at radius 3 is 2.50 bits per heavy atom. The highest BCUT2D eigenvalue weighted by Gasteiger charge is 2.58. The standard InChI is InChI=1S/C12H22N2O4/c1-10(2,3)18-9(15)14-6-11(13,7-14)12(16)4-5-17-8-12/h16H,4-8,13H2,1-3H3. The number of nitrogens with two attached hydrogens (primary N) is 1. The SMILES string of the molecule is CC(C)(C)OC(=O)N1CC(N)(C2(O)CCOC2)C1. The average molecular weight is 258 g/mol. The second-order valence-electron chi connectivity index (χ2n) is 6.33. The first-order chi connectivity index (χ1) is 8.15. The molecule has 0 saturated carbocycles. The topological polar surface area (TPSA) is 85.0 Å². The van der Waals surface area contributed by atoms with Crippen LogP contribution in [0.25, 0.3) is 0 Å². The van der Waals surface area contributed by atoms with Crippen LogP contribution in [0.4, 0.5) is 4.79 Å². The monoisotopic (exact) mass is 258 g/mol. The molecule has 2 rings (SSSR count). The van der Waals surface area contributed by atoms with Crippen molar-refractivity contribution in [3.05, 3.63) is 0 Å². The molecule has 6 heteroatoms. The molecule has 0 aromatic carbocycles. The third kappa shape index (κ3) is 2.32. The molecule has 0 bridgehead atoms. The van der Waals surface area contributed by atoms with Crippen molar-refractivity contribution in [2.24, 2.45) is 5.73 Å². The van der Waals surface area contributed by atoms with Crippen molar-refractivity contribution in [3.8, 4) is 0 Å². The van der Waals surface area contributed by atoms with E-state index in [4.69, 9.17) is 15.2 Å². The molecule has 1 amide bonds. The van der Waals surface area contributed by atoms with Crippen LogP contribution in [0, 0.1) is 0 Å². The first kappa shape index (κ1) is 13.6. The summed E-state index contributed by atoms with van der Waals surface area (Å²) in [4.78, 5) is 13.3. The third-order valence-electron chi connectivity index (χ3n) is 3.53. The van der Waals surface area contributed by atoms with E-state index in [1.54, 1.807) is 0 Å². The Bertz CT molecular complexity index is 338. The fraction of sp³-hybridized carbons (Fsp3) is 0.917. The predicted octanol–water partition coefficient (Wildman–Crippen LogP) is 0.0860. The van der Waals surface area contributed by atoms with Crippen molar-refractivity contribution in [2.75, 3.05) is 26.3 Å². The summed E-state index contributed by atoms with van der Waals surface area (Å²) in [6.07, 6.45) is 0.136. The highest BCUT2D eigenvalue weighted by atomic mass is 16.6. The Balaban J connectivity index is 1.91. The van der Waals surface area contributed by atoms with Crippen LogP contribution >= 0.6 is 0 Å². The number of hydrogen-bond donors (Lipinski definition) is 2. The lowest BCUT2D eigenvalue weighted by Gasteiger charge is -2.53. The van der Waals surface area contributed by atoms with Crippen molar-refractivity contribution in [2.45, 2.75) is 43.9 Å².